The molecule has 0 heterocycles. The fourth-order valence-corrected chi connectivity index (χ4v) is 0.206. The smallest absolute Gasteiger partial charge is 0.106 e. The normalized spacial score (nSPS) is 5.00. The Bertz CT molecular complexity index is 303. The SMILES string of the molecule is [3H]SC#CC#CC#CC#C. The summed E-state index contributed by atoms with van der Waals surface area (Å²) in [5.41, 5.74) is 0. The van der Waals surface area contributed by atoms with E-state index in [4.69, 9.17) is 7.55 Å². The van der Waals surface area contributed by atoms with Gasteiger partial charge in [-0.3, -0.25) is 0 Å². The van der Waals surface area contributed by atoms with Crippen LogP contribution in [0, 0.1) is 47.2 Å². The second-order valence-corrected chi connectivity index (χ2v) is 1.08. The first-order valence-corrected chi connectivity index (χ1v) is 2.40. The summed E-state index contributed by atoms with van der Waals surface area (Å²) in [4.78, 5) is 0. The van der Waals surface area contributed by atoms with Crippen molar-refractivity contribution in [1.29, 1.82) is 1.12 Å². The van der Waals surface area contributed by atoms with E-state index in [2.05, 4.69) is 40.8 Å². The number of rotatable bonds is 0. The van der Waals surface area contributed by atoms with Crippen LogP contribution in [0.25, 0.3) is 0 Å². The molecule has 0 saturated heterocycles. The third-order valence-electron chi connectivity index (χ3n) is 0.373. The predicted octanol–water partition coefficient (Wildman–Crippen LogP) is 0.517. The zero-order valence-electron chi connectivity index (χ0n) is 5.49. The second-order valence-electron chi connectivity index (χ2n) is 0.871. The summed E-state index contributed by atoms with van der Waals surface area (Å²) in [5.74, 6) is 14.0. The Kier molecular flexibility index (Phi) is 4.19. The molecule has 9 heavy (non-hydrogen) atoms. The zero-order chi connectivity index (χ0) is 7.66. The molecule has 0 radical (unpaired) electrons. The number of thiol groups is 1. The molecular formula is C8H2S. The minimum Gasteiger partial charge on any atom is -0.106 e. The van der Waals surface area contributed by atoms with Gasteiger partial charge in [0.15, 0.2) is 0 Å². The van der Waals surface area contributed by atoms with Crippen LogP contribution < -0.4 is 0 Å². The molecule has 0 bridgehead atoms. The molecule has 0 atom stereocenters. The van der Waals surface area contributed by atoms with E-state index in [0.29, 0.717) is 12.5 Å². The van der Waals surface area contributed by atoms with E-state index in [-0.39, 0.29) is 0 Å². The molecule has 0 unspecified atom stereocenters. The first-order valence-electron chi connectivity index (χ1n) is 2.40. The third kappa shape index (κ3) is 6.59. The molecule has 0 aromatic rings. The average molecular weight is 132 g/mol. The van der Waals surface area contributed by atoms with Crippen LogP contribution in [0.4, 0.5) is 0 Å². The molecule has 0 rings (SSSR count). The minimum atomic E-state index is 0.663. The first kappa shape index (κ1) is 5.72. The second kappa shape index (κ2) is 6.59. The average Bonchev–Trinajstić information content (AvgIpc) is 1.97. The largest absolute Gasteiger partial charge is 0.117 e. The highest BCUT2D eigenvalue weighted by atomic mass is 32.1. The van der Waals surface area contributed by atoms with Gasteiger partial charge in [-0.25, -0.2) is 0 Å². The number of terminal acetylenes is 1. The van der Waals surface area contributed by atoms with Gasteiger partial charge in [-0.1, -0.05) is 12.5 Å². The van der Waals surface area contributed by atoms with Crippen LogP contribution in [0.15, 0.2) is 0 Å². The van der Waals surface area contributed by atoms with E-state index in [1.165, 1.54) is 0 Å². The van der Waals surface area contributed by atoms with Gasteiger partial charge in [-0.15, -0.1) is 6.42 Å². The Morgan fingerprint density at radius 1 is 1.11 bits per heavy atom. The molecule has 40 valence electrons. The predicted molar refractivity (Wildman–Crippen MR) is 41.1 cm³/mol. The highest BCUT2D eigenvalue weighted by Gasteiger charge is 1.50. The van der Waals surface area contributed by atoms with Crippen LogP contribution in [0.5, 0.6) is 0 Å². The summed E-state index contributed by atoms with van der Waals surface area (Å²) in [5, 5.41) is 2.37. The molecule has 0 fully saturated rings. The van der Waals surface area contributed by atoms with E-state index in [1.54, 1.807) is 0 Å². The lowest BCUT2D eigenvalue weighted by Gasteiger charge is -1.51. The van der Waals surface area contributed by atoms with Crippen LogP contribution >= 0.6 is 12.5 Å². The quantitative estimate of drug-likeness (QED) is 0.360. The van der Waals surface area contributed by atoms with Crippen molar-refractivity contribution in [3.63, 3.8) is 0 Å². The molecule has 0 amide bonds. The maximum Gasteiger partial charge on any atom is 0.117 e. The Morgan fingerprint density at radius 2 is 1.78 bits per heavy atom. The van der Waals surface area contributed by atoms with Crippen LogP contribution in [0.3, 0.4) is 0 Å². The van der Waals surface area contributed by atoms with E-state index in [1.807, 2.05) is 0 Å². The Labute approximate surface area is 61.5 Å². The van der Waals surface area contributed by atoms with E-state index >= 15 is 0 Å². The Balaban J connectivity index is 3.85. The number of hydrogen-bond donors (Lipinski definition) is 1. The van der Waals surface area contributed by atoms with Gasteiger partial charge >= 0.3 is 0 Å². The van der Waals surface area contributed by atoms with Crippen LogP contribution in [-0.4, -0.2) is 1.12 Å². The summed E-state index contributed by atoms with van der Waals surface area (Å²) in [7, 11) is 0. The topological polar surface area (TPSA) is 0 Å². The molecule has 0 N–H and O–H groups in total. The lowest BCUT2D eigenvalue weighted by Crippen LogP contribution is -1.49. The highest BCUT2D eigenvalue weighted by Crippen LogP contribution is 1.58. The van der Waals surface area contributed by atoms with Gasteiger partial charge < -0.3 is 0 Å². The van der Waals surface area contributed by atoms with Crippen LogP contribution in [0.2, 0.25) is 0 Å². The van der Waals surface area contributed by atoms with Crippen molar-refractivity contribution in [3.05, 3.63) is 0 Å². The molecule has 0 nitrogen and oxygen atoms in total. The van der Waals surface area contributed by atoms with Gasteiger partial charge in [0.25, 0.3) is 0 Å². The van der Waals surface area contributed by atoms with E-state index in [0.717, 1.165) is 0 Å². The number of hydrogen-bond acceptors (Lipinski definition) is 1. The van der Waals surface area contributed by atoms with Crippen molar-refractivity contribution < 1.29 is 0 Å². The molecule has 0 spiro atoms. The summed E-state index contributed by atoms with van der Waals surface area (Å²) in [6.45, 7) is 0. The van der Waals surface area contributed by atoms with E-state index < -0.39 is 0 Å². The zero-order valence-corrected chi connectivity index (χ0v) is 5.30. The maximum atomic E-state index is 6.53. The van der Waals surface area contributed by atoms with Crippen molar-refractivity contribution in [3.8, 4) is 47.2 Å². The van der Waals surface area contributed by atoms with Crippen LogP contribution in [-0.2, 0) is 0 Å². The summed E-state index contributed by atoms with van der Waals surface area (Å²) in [6, 6.07) is 0. The molecule has 0 aromatic heterocycles. The standard InChI is InChI=1S/C8H2S/c1-2-3-4-5-6-7-8-9/h1,9H/i/hT. The third-order valence-corrected chi connectivity index (χ3v) is 0.475. The van der Waals surface area contributed by atoms with Crippen molar-refractivity contribution in [2.45, 2.75) is 0 Å². The van der Waals surface area contributed by atoms with Gasteiger partial charge in [0.1, 0.15) is 1.12 Å². The Hall–Kier alpha value is -1.41. The van der Waals surface area contributed by atoms with E-state index in [9.17, 15) is 0 Å². The fraction of sp³-hybridized carbons (Fsp3) is 0. The van der Waals surface area contributed by atoms with Crippen molar-refractivity contribution >= 4 is 12.5 Å². The first-order chi connectivity index (χ1) is 4.91. The molecule has 0 aliphatic heterocycles. The highest BCUT2D eigenvalue weighted by molar-refractivity contribution is 7.85. The van der Waals surface area contributed by atoms with Gasteiger partial charge in [0.05, 0.1) is 0 Å². The van der Waals surface area contributed by atoms with Gasteiger partial charge in [0, 0.05) is 0 Å². The van der Waals surface area contributed by atoms with Gasteiger partial charge in [0.2, 0.25) is 0 Å². The lowest BCUT2D eigenvalue weighted by molar-refractivity contribution is 2.40. The van der Waals surface area contributed by atoms with Crippen LogP contribution in [0.1, 0.15) is 0 Å². The maximum absolute atomic E-state index is 6.53. The Morgan fingerprint density at radius 3 is 2.44 bits per heavy atom. The lowest BCUT2D eigenvalue weighted by atomic mass is 10.5. The molecule has 0 saturated carbocycles. The van der Waals surface area contributed by atoms with Crippen molar-refractivity contribution in [2.24, 2.45) is 0 Å². The fourth-order valence-electron chi connectivity index (χ4n) is 0.155. The summed E-state index contributed by atoms with van der Waals surface area (Å²) in [6.07, 6.45) is 4.81. The van der Waals surface area contributed by atoms with Gasteiger partial charge in [-0.2, -0.15) is 0 Å². The molecule has 1 heteroatoms. The van der Waals surface area contributed by atoms with Gasteiger partial charge in [-0.05, 0) is 40.8 Å². The summed E-state index contributed by atoms with van der Waals surface area (Å²) >= 11 is 0.663. The van der Waals surface area contributed by atoms with Crippen molar-refractivity contribution in [1.82, 2.24) is 0 Å². The molecule has 0 aliphatic rings. The molecule has 0 aromatic carbocycles. The minimum absolute atomic E-state index is 0.663. The monoisotopic (exact) mass is 132 g/mol. The summed E-state index contributed by atoms with van der Waals surface area (Å²) < 4.78 is 6.53. The molecule has 0 aliphatic carbocycles. The molecular weight excluding hydrogens is 128 g/mol. The van der Waals surface area contributed by atoms with Crippen molar-refractivity contribution in [2.75, 3.05) is 0 Å².